The molecular weight excluding hydrogens is 158 g/mol. The molecule has 0 spiro atoms. The monoisotopic (exact) mass is 165 g/mol. The highest BCUT2D eigenvalue weighted by molar-refractivity contribution is 5.97. The minimum absolute atomic E-state index is 0.119. The number of aromatic nitrogens is 2. The number of nitrogens with two attached hydrogens (primary N) is 1. The van der Waals surface area contributed by atoms with Crippen molar-refractivity contribution in [2.45, 2.75) is 0 Å². The summed E-state index contributed by atoms with van der Waals surface area (Å²) in [7, 11) is 1.65. The standard InChI is InChI=1S/C6H7N5O/c1-11-3-9-4(2-7)5(11)6(8)10-12/h3,12H,1H3,(H2,8,10). The van der Waals surface area contributed by atoms with Gasteiger partial charge in [-0.05, 0) is 0 Å². The van der Waals surface area contributed by atoms with Crippen molar-refractivity contribution in [1.82, 2.24) is 9.55 Å². The second kappa shape index (κ2) is 2.92. The van der Waals surface area contributed by atoms with Gasteiger partial charge in [0.05, 0.1) is 6.33 Å². The zero-order valence-electron chi connectivity index (χ0n) is 6.39. The van der Waals surface area contributed by atoms with Crippen LogP contribution in [-0.4, -0.2) is 20.6 Å². The fourth-order valence-electron chi connectivity index (χ4n) is 0.861. The lowest BCUT2D eigenvalue weighted by molar-refractivity contribution is 0.318. The van der Waals surface area contributed by atoms with Crippen molar-refractivity contribution in [2.24, 2.45) is 17.9 Å². The molecule has 1 heterocycles. The number of hydrogen-bond donors (Lipinski definition) is 2. The second-order valence-corrected chi connectivity index (χ2v) is 2.15. The summed E-state index contributed by atoms with van der Waals surface area (Å²) in [4.78, 5) is 3.73. The van der Waals surface area contributed by atoms with Crippen LogP contribution in [0.15, 0.2) is 11.5 Å². The lowest BCUT2D eigenvalue weighted by Gasteiger charge is -1.98. The van der Waals surface area contributed by atoms with Gasteiger partial charge in [0.1, 0.15) is 11.8 Å². The van der Waals surface area contributed by atoms with Crippen LogP contribution in [0.25, 0.3) is 0 Å². The van der Waals surface area contributed by atoms with Gasteiger partial charge in [-0.3, -0.25) is 0 Å². The Morgan fingerprint density at radius 3 is 3.08 bits per heavy atom. The predicted molar refractivity (Wildman–Crippen MR) is 40.4 cm³/mol. The van der Waals surface area contributed by atoms with Gasteiger partial charge in [-0.15, -0.1) is 0 Å². The molecule has 0 radical (unpaired) electrons. The van der Waals surface area contributed by atoms with Crippen LogP contribution >= 0.6 is 0 Å². The summed E-state index contributed by atoms with van der Waals surface area (Å²) in [5.74, 6) is -0.119. The van der Waals surface area contributed by atoms with E-state index >= 15 is 0 Å². The van der Waals surface area contributed by atoms with Crippen LogP contribution in [0.4, 0.5) is 0 Å². The molecule has 0 unspecified atom stereocenters. The average molecular weight is 165 g/mol. The molecule has 0 bridgehead atoms. The second-order valence-electron chi connectivity index (χ2n) is 2.15. The average Bonchev–Trinajstić information content (AvgIpc) is 2.45. The molecule has 0 fully saturated rings. The zero-order chi connectivity index (χ0) is 9.14. The third-order valence-corrected chi connectivity index (χ3v) is 1.39. The fraction of sp³-hybridized carbons (Fsp3) is 0.167. The minimum atomic E-state index is -0.119. The maximum atomic E-state index is 8.56. The molecule has 0 amide bonds. The Balaban J connectivity index is 3.31. The Morgan fingerprint density at radius 1 is 1.92 bits per heavy atom. The molecule has 0 saturated heterocycles. The van der Waals surface area contributed by atoms with Gasteiger partial charge in [-0.25, -0.2) is 4.98 Å². The van der Waals surface area contributed by atoms with Crippen molar-refractivity contribution in [3.63, 3.8) is 0 Å². The molecule has 6 heteroatoms. The van der Waals surface area contributed by atoms with Gasteiger partial charge in [0.25, 0.3) is 0 Å². The van der Waals surface area contributed by atoms with E-state index in [9.17, 15) is 0 Å². The largest absolute Gasteiger partial charge is 0.409 e. The fourth-order valence-corrected chi connectivity index (χ4v) is 0.861. The Bertz CT molecular complexity index is 359. The summed E-state index contributed by atoms with van der Waals surface area (Å²) < 4.78 is 1.51. The van der Waals surface area contributed by atoms with E-state index in [1.54, 1.807) is 7.05 Å². The molecule has 12 heavy (non-hydrogen) atoms. The van der Waals surface area contributed by atoms with Gasteiger partial charge in [-0.2, -0.15) is 5.26 Å². The van der Waals surface area contributed by atoms with E-state index in [0.717, 1.165) is 0 Å². The van der Waals surface area contributed by atoms with Crippen molar-refractivity contribution in [1.29, 1.82) is 5.26 Å². The van der Waals surface area contributed by atoms with E-state index in [2.05, 4.69) is 10.1 Å². The topological polar surface area (TPSA) is 100 Å². The SMILES string of the molecule is Cn1cnc(C#N)c1/C(N)=N/O. The van der Waals surface area contributed by atoms with Gasteiger partial charge in [0.2, 0.25) is 0 Å². The summed E-state index contributed by atoms with van der Waals surface area (Å²) in [6.45, 7) is 0. The molecule has 0 atom stereocenters. The first-order valence-electron chi connectivity index (χ1n) is 3.10. The van der Waals surface area contributed by atoms with Crippen LogP contribution in [0.1, 0.15) is 11.4 Å². The van der Waals surface area contributed by atoms with E-state index in [4.69, 9.17) is 16.2 Å². The van der Waals surface area contributed by atoms with Crippen LogP contribution in [0, 0.1) is 11.3 Å². The maximum Gasteiger partial charge on any atom is 0.189 e. The number of imidazole rings is 1. The van der Waals surface area contributed by atoms with E-state index in [1.807, 2.05) is 6.07 Å². The lowest BCUT2D eigenvalue weighted by atomic mass is 10.3. The lowest BCUT2D eigenvalue weighted by Crippen LogP contribution is -2.18. The van der Waals surface area contributed by atoms with Gasteiger partial charge < -0.3 is 15.5 Å². The predicted octanol–water partition coefficient (Wildman–Crippen LogP) is -0.614. The van der Waals surface area contributed by atoms with Crippen molar-refractivity contribution in [3.8, 4) is 6.07 Å². The number of nitrogens with zero attached hydrogens (tertiary/aromatic N) is 4. The number of amidine groups is 1. The van der Waals surface area contributed by atoms with Crippen molar-refractivity contribution < 1.29 is 5.21 Å². The zero-order valence-corrected chi connectivity index (χ0v) is 6.39. The number of nitriles is 1. The minimum Gasteiger partial charge on any atom is -0.409 e. The van der Waals surface area contributed by atoms with Crippen molar-refractivity contribution in [3.05, 3.63) is 17.7 Å². The van der Waals surface area contributed by atoms with Gasteiger partial charge in [0.15, 0.2) is 11.5 Å². The van der Waals surface area contributed by atoms with Gasteiger partial charge in [-0.1, -0.05) is 5.16 Å². The van der Waals surface area contributed by atoms with Crippen LogP contribution < -0.4 is 5.73 Å². The molecule has 0 saturated carbocycles. The van der Waals surface area contributed by atoms with Crippen LogP contribution in [0.2, 0.25) is 0 Å². The summed E-state index contributed by atoms with van der Waals surface area (Å²) in [6, 6.07) is 1.83. The Kier molecular flexibility index (Phi) is 1.96. The summed E-state index contributed by atoms with van der Waals surface area (Å²) in [5.41, 5.74) is 5.77. The Labute approximate surface area is 68.5 Å². The van der Waals surface area contributed by atoms with Gasteiger partial charge in [0, 0.05) is 7.05 Å². The summed E-state index contributed by atoms with van der Waals surface area (Å²) in [6.07, 6.45) is 1.42. The normalized spacial score (nSPS) is 11.2. The number of hydrogen-bond acceptors (Lipinski definition) is 4. The van der Waals surface area contributed by atoms with Crippen molar-refractivity contribution in [2.75, 3.05) is 0 Å². The molecular formula is C6H7N5O. The first-order chi connectivity index (χ1) is 5.70. The van der Waals surface area contributed by atoms with E-state index < -0.39 is 0 Å². The molecule has 62 valence electrons. The Morgan fingerprint density at radius 2 is 2.58 bits per heavy atom. The highest BCUT2D eigenvalue weighted by Gasteiger charge is 2.11. The molecule has 0 aromatic carbocycles. The smallest absolute Gasteiger partial charge is 0.189 e. The van der Waals surface area contributed by atoms with E-state index in [0.29, 0.717) is 5.69 Å². The molecule has 1 rings (SSSR count). The molecule has 1 aromatic heterocycles. The summed E-state index contributed by atoms with van der Waals surface area (Å²) in [5, 5.41) is 19.7. The molecule has 0 aliphatic heterocycles. The van der Waals surface area contributed by atoms with E-state index in [-0.39, 0.29) is 11.5 Å². The third-order valence-electron chi connectivity index (χ3n) is 1.39. The first kappa shape index (κ1) is 8.07. The third kappa shape index (κ3) is 1.08. The van der Waals surface area contributed by atoms with Crippen LogP contribution in [-0.2, 0) is 7.05 Å². The first-order valence-corrected chi connectivity index (χ1v) is 3.10. The highest BCUT2D eigenvalue weighted by atomic mass is 16.4. The van der Waals surface area contributed by atoms with Crippen molar-refractivity contribution >= 4 is 5.84 Å². The van der Waals surface area contributed by atoms with Crippen LogP contribution in [0.5, 0.6) is 0 Å². The van der Waals surface area contributed by atoms with Gasteiger partial charge >= 0.3 is 0 Å². The van der Waals surface area contributed by atoms with E-state index in [1.165, 1.54) is 10.9 Å². The highest BCUT2D eigenvalue weighted by Crippen LogP contribution is 2.03. The number of aryl methyl sites for hydroxylation is 1. The number of rotatable bonds is 1. The van der Waals surface area contributed by atoms with Crippen LogP contribution in [0.3, 0.4) is 0 Å². The quantitative estimate of drug-likeness (QED) is 0.251. The number of oxime groups is 1. The molecule has 0 aliphatic carbocycles. The maximum absolute atomic E-state index is 8.56. The molecule has 0 aliphatic rings. The molecule has 6 nitrogen and oxygen atoms in total. The molecule has 1 aromatic rings. The molecule has 3 N–H and O–H groups in total. The Hall–Kier alpha value is -2.03. The summed E-state index contributed by atoms with van der Waals surface area (Å²) >= 11 is 0.